The second-order valence-electron chi connectivity index (χ2n) is 4.99. The molecule has 0 aliphatic heterocycles. The summed E-state index contributed by atoms with van der Waals surface area (Å²) < 4.78 is 0.669. The van der Waals surface area contributed by atoms with Crippen LogP contribution in [0.2, 0.25) is 0 Å². The zero-order chi connectivity index (χ0) is 14.0. The molecule has 0 unspecified atom stereocenters. The first-order valence-electron chi connectivity index (χ1n) is 6.19. The predicted molar refractivity (Wildman–Crippen MR) is 84.1 cm³/mol. The first-order chi connectivity index (χ1) is 8.97. The third-order valence-corrected chi connectivity index (χ3v) is 3.80. The molecule has 2 aromatic heterocycles. The number of hydrogen-bond acceptors (Lipinski definition) is 3. The third kappa shape index (κ3) is 3.40. The Labute approximate surface area is 125 Å². The normalized spacial score (nSPS) is 11.0. The summed E-state index contributed by atoms with van der Waals surface area (Å²) in [6.07, 6.45) is 2.52. The molecule has 0 bridgehead atoms. The van der Waals surface area contributed by atoms with E-state index in [2.05, 4.69) is 51.4 Å². The number of aromatic nitrogens is 3. The minimum atomic E-state index is -0.0930. The van der Waals surface area contributed by atoms with Crippen LogP contribution >= 0.6 is 22.6 Å². The number of hydrogen-bond donors (Lipinski definition) is 1. The SMILES string of the molecule is Cc1ccnc(-c2nc(CC(C)C)c(I)c(=O)[nH]2)c1. The Bertz CT molecular complexity index is 649. The van der Waals surface area contributed by atoms with Gasteiger partial charge in [-0.1, -0.05) is 13.8 Å². The topological polar surface area (TPSA) is 58.6 Å². The highest BCUT2D eigenvalue weighted by molar-refractivity contribution is 14.1. The van der Waals surface area contributed by atoms with Gasteiger partial charge in [0.25, 0.3) is 5.56 Å². The second-order valence-corrected chi connectivity index (χ2v) is 6.07. The van der Waals surface area contributed by atoms with Gasteiger partial charge in [0.2, 0.25) is 0 Å². The molecule has 0 aromatic carbocycles. The van der Waals surface area contributed by atoms with Gasteiger partial charge in [-0.3, -0.25) is 9.78 Å². The van der Waals surface area contributed by atoms with E-state index in [4.69, 9.17) is 0 Å². The summed E-state index contributed by atoms with van der Waals surface area (Å²) in [4.78, 5) is 23.6. The van der Waals surface area contributed by atoms with Crippen molar-refractivity contribution in [2.45, 2.75) is 27.2 Å². The molecule has 0 aliphatic rings. The first kappa shape index (κ1) is 14.2. The van der Waals surface area contributed by atoms with E-state index in [1.165, 1.54) is 0 Å². The lowest BCUT2D eigenvalue weighted by molar-refractivity contribution is 0.631. The van der Waals surface area contributed by atoms with Crippen molar-refractivity contribution in [3.05, 3.63) is 43.5 Å². The van der Waals surface area contributed by atoms with E-state index in [1.54, 1.807) is 6.20 Å². The van der Waals surface area contributed by atoms with Crippen molar-refractivity contribution >= 4 is 22.6 Å². The second kappa shape index (κ2) is 5.81. The average Bonchev–Trinajstić information content (AvgIpc) is 2.34. The fourth-order valence-electron chi connectivity index (χ4n) is 1.81. The van der Waals surface area contributed by atoms with Crippen LogP contribution in [0.25, 0.3) is 11.5 Å². The standard InChI is InChI=1S/C14H16IN3O/c1-8(2)6-10-12(15)14(19)18-13(17-10)11-7-9(3)4-5-16-11/h4-5,7-8H,6H2,1-3H3,(H,17,18,19). The van der Waals surface area contributed by atoms with Gasteiger partial charge in [0.15, 0.2) is 5.82 Å². The van der Waals surface area contributed by atoms with Crippen molar-refractivity contribution < 1.29 is 0 Å². The molecule has 0 atom stereocenters. The van der Waals surface area contributed by atoms with E-state index in [0.29, 0.717) is 21.0 Å². The Kier molecular flexibility index (Phi) is 4.34. The number of nitrogens with zero attached hydrogens (tertiary/aromatic N) is 2. The minimum Gasteiger partial charge on any atom is -0.304 e. The molecule has 0 aliphatic carbocycles. The molecule has 2 aromatic rings. The Hall–Kier alpha value is -1.24. The van der Waals surface area contributed by atoms with Gasteiger partial charge in [-0.05, 0) is 59.5 Å². The maximum absolute atomic E-state index is 12.0. The van der Waals surface area contributed by atoms with Crippen LogP contribution in [-0.2, 0) is 6.42 Å². The van der Waals surface area contributed by atoms with Crippen molar-refractivity contribution in [2.75, 3.05) is 0 Å². The van der Waals surface area contributed by atoms with Crippen LogP contribution in [0.1, 0.15) is 25.1 Å². The summed E-state index contributed by atoms with van der Waals surface area (Å²) >= 11 is 2.05. The third-order valence-electron chi connectivity index (χ3n) is 2.69. The molecule has 2 rings (SSSR count). The summed E-state index contributed by atoms with van der Waals surface area (Å²) in [7, 11) is 0. The van der Waals surface area contributed by atoms with E-state index in [-0.39, 0.29) is 5.56 Å². The fraction of sp³-hybridized carbons (Fsp3) is 0.357. The molecule has 0 saturated carbocycles. The summed E-state index contributed by atoms with van der Waals surface area (Å²) in [5.41, 5.74) is 2.55. The zero-order valence-corrected chi connectivity index (χ0v) is 13.4. The van der Waals surface area contributed by atoms with Gasteiger partial charge in [0.1, 0.15) is 5.69 Å². The van der Waals surface area contributed by atoms with Crippen LogP contribution in [-0.4, -0.2) is 15.0 Å². The number of H-pyrrole nitrogens is 1. The van der Waals surface area contributed by atoms with Gasteiger partial charge in [-0.25, -0.2) is 4.98 Å². The Morgan fingerprint density at radius 2 is 2.16 bits per heavy atom. The summed E-state index contributed by atoms with van der Waals surface area (Å²) in [6.45, 7) is 6.22. The summed E-state index contributed by atoms with van der Waals surface area (Å²) in [5, 5.41) is 0. The quantitative estimate of drug-likeness (QED) is 0.847. The molecule has 5 heteroatoms. The smallest absolute Gasteiger partial charge is 0.264 e. The van der Waals surface area contributed by atoms with Crippen molar-refractivity contribution in [2.24, 2.45) is 5.92 Å². The van der Waals surface area contributed by atoms with Crippen LogP contribution in [0.5, 0.6) is 0 Å². The van der Waals surface area contributed by atoms with Crippen LogP contribution in [0.3, 0.4) is 0 Å². The van der Waals surface area contributed by atoms with E-state index in [9.17, 15) is 4.79 Å². The molecule has 0 fully saturated rings. The molecule has 0 radical (unpaired) electrons. The number of nitrogens with one attached hydrogen (secondary N) is 1. The van der Waals surface area contributed by atoms with Crippen LogP contribution in [0.15, 0.2) is 23.1 Å². The molecule has 2 heterocycles. The Morgan fingerprint density at radius 3 is 2.79 bits per heavy atom. The van der Waals surface area contributed by atoms with Crippen LogP contribution in [0, 0.1) is 16.4 Å². The van der Waals surface area contributed by atoms with Gasteiger partial charge < -0.3 is 4.98 Å². The van der Waals surface area contributed by atoms with Gasteiger partial charge in [-0.2, -0.15) is 0 Å². The van der Waals surface area contributed by atoms with Crippen molar-refractivity contribution in [1.82, 2.24) is 15.0 Å². The molecular formula is C14H16IN3O. The van der Waals surface area contributed by atoms with E-state index in [0.717, 1.165) is 17.7 Å². The van der Waals surface area contributed by atoms with Crippen molar-refractivity contribution in [3.8, 4) is 11.5 Å². The number of aromatic amines is 1. The Morgan fingerprint density at radius 1 is 1.42 bits per heavy atom. The highest BCUT2D eigenvalue weighted by Crippen LogP contribution is 2.16. The lowest BCUT2D eigenvalue weighted by Gasteiger charge is -2.08. The summed E-state index contributed by atoms with van der Waals surface area (Å²) in [6, 6.07) is 3.84. The Balaban J connectivity index is 2.53. The monoisotopic (exact) mass is 369 g/mol. The maximum atomic E-state index is 12.0. The molecule has 0 spiro atoms. The molecule has 100 valence electrons. The van der Waals surface area contributed by atoms with Gasteiger partial charge in [0.05, 0.1) is 9.26 Å². The maximum Gasteiger partial charge on any atom is 0.264 e. The zero-order valence-electron chi connectivity index (χ0n) is 11.2. The lowest BCUT2D eigenvalue weighted by atomic mass is 10.1. The van der Waals surface area contributed by atoms with Gasteiger partial charge in [-0.15, -0.1) is 0 Å². The van der Waals surface area contributed by atoms with E-state index < -0.39 is 0 Å². The van der Waals surface area contributed by atoms with Gasteiger partial charge in [0, 0.05) is 6.20 Å². The van der Waals surface area contributed by atoms with Gasteiger partial charge >= 0.3 is 0 Å². The minimum absolute atomic E-state index is 0.0930. The predicted octanol–water partition coefficient (Wildman–Crippen LogP) is 2.94. The molecule has 0 amide bonds. The van der Waals surface area contributed by atoms with Crippen LogP contribution < -0.4 is 5.56 Å². The average molecular weight is 369 g/mol. The summed E-state index contributed by atoms with van der Waals surface area (Å²) in [5.74, 6) is 1.01. The largest absolute Gasteiger partial charge is 0.304 e. The highest BCUT2D eigenvalue weighted by atomic mass is 127. The molecule has 0 saturated heterocycles. The number of aryl methyl sites for hydroxylation is 1. The number of rotatable bonds is 3. The molecular weight excluding hydrogens is 353 g/mol. The molecule has 4 nitrogen and oxygen atoms in total. The number of pyridine rings is 1. The first-order valence-corrected chi connectivity index (χ1v) is 7.27. The van der Waals surface area contributed by atoms with E-state index >= 15 is 0 Å². The van der Waals surface area contributed by atoms with Crippen molar-refractivity contribution in [1.29, 1.82) is 0 Å². The molecule has 1 N–H and O–H groups in total. The number of halogens is 1. The lowest BCUT2D eigenvalue weighted by Crippen LogP contribution is -2.17. The molecule has 19 heavy (non-hydrogen) atoms. The highest BCUT2D eigenvalue weighted by Gasteiger charge is 2.12. The van der Waals surface area contributed by atoms with E-state index in [1.807, 2.05) is 19.1 Å². The van der Waals surface area contributed by atoms with Crippen molar-refractivity contribution in [3.63, 3.8) is 0 Å². The van der Waals surface area contributed by atoms with Crippen LogP contribution in [0.4, 0.5) is 0 Å². The fourth-order valence-corrected chi connectivity index (χ4v) is 2.29.